The average molecular weight is 258 g/mol. The van der Waals surface area contributed by atoms with E-state index in [9.17, 15) is 0 Å². The minimum atomic E-state index is 0.217. The van der Waals surface area contributed by atoms with Crippen molar-refractivity contribution in [3.63, 3.8) is 0 Å². The van der Waals surface area contributed by atoms with Crippen LogP contribution in [0.5, 0.6) is 0 Å². The van der Waals surface area contributed by atoms with Crippen molar-refractivity contribution in [2.24, 2.45) is 11.8 Å². The maximum Gasteiger partial charge on any atom is 0.0685 e. The second-order valence-electron chi connectivity index (χ2n) is 5.42. The molecule has 2 fully saturated rings. The first-order chi connectivity index (χ1) is 8.29. The van der Waals surface area contributed by atoms with Gasteiger partial charge in [-0.2, -0.15) is 11.8 Å². The minimum absolute atomic E-state index is 0.217. The lowest BCUT2D eigenvalue weighted by Crippen LogP contribution is -2.49. The van der Waals surface area contributed by atoms with Gasteiger partial charge in [0.1, 0.15) is 0 Å². The predicted molar refractivity (Wildman–Crippen MR) is 74.0 cm³/mol. The van der Waals surface area contributed by atoms with E-state index in [-0.39, 0.29) is 5.60 Å². The molecule has 2 unspecified atom stereocenters. The van der Waals surface area contributed by atoms with Gasteiger partial charge in [0.15, 0.2) is 0 Å². The zero-order valence-corrected chi connectivity index (χ0v) is 11.7. The smallest absolute Gasteiger partial charge is 0.0685 e. The molecule has 2 aliphatic rings. The highest BCUT2D eigenvalue weighted by molar-refractivity contribution is 7.99. The number of ether oxygens (including phenoxy) is 1. The first-order valence-corrected chi connectivity index (χ1v) is 8.13. The third kappa shape index (κ3) is 3.37. The Morgan fingerprint density at radius 2 is 2.24 bits per heavy atom. The van der Waals surface area contributed by atoms with E-state index in [4.69, 9.17) is 10.6 Å². The first kappa shape index (κ1) is 13.7. The van der Waals surface area contributed by atoms with Crippen LogP contribution in [0.25, 0.3) is 0 Å². The molecule has 17 heavy (non-hydrogen) atoms. The minimum Gasteiger partial charge on any atom is -0.375 e. The molecule has 0 aromatic carbocycles. The van der Waals surface area contributed by atoms with Crippen molar-refractivity contribution in [1.29, 1.82) is 0 Å². The number of nitrogens with two attached hydrogens (primary N) is 1. The molecule has 1 saturated heterocycles. The lowest BCUT2D eigenvalue weighted by atomic mass is 9.81. The molecule has 3 N–H and O–H groups in total. The van der Waals surface area contributed by atoms with Gasteiger partial charge in [0, 0.05) is 18.4 Å². The van der Waals surface area contributed by atoms with E-state index in [2.05, 4.69) is 12.3 Å². The van der Waals surface area contributed by atoms with Crippen LogP contribution in [0.1, 0.15) is 45.4 Å². The number of nitrogens with one attached hydrogen (secondary N) is 1. The summed E-state index contributed by atoms with van der Waals surface area (Å²) in [6.45, 7) is 3.14. The molecule has 3 nitrogen and oxygen atoms in total. The van der Waals surface area contributed by atoms with E-state index in [1.165, 1.54) is 44.3 Å². The molecule has 0 aromatic rings. The Bertz CT molecular complexity index is 231. The van der Waals surface area contributed by atoms with E-state index in [0.717, 1.165) is 12.4 Å². The highest BCUT2D eigenvalue weighted by atomic mass is 32.2. The zero-order valence-electron chi connectivity index (χ0n) is 10.9. The maximum atomic E-state index is 6.08. The second-order valence-corrected chi connectivity index (χ2v) is 6.74. The van der Waals surface area contributed by atoms with Crippen LogP contribution in [0.3, 0.4) is 0 Å². The van der Waals surface area contributed by atoms with Crippen molar-refractivity contribution in [1.82, 2.24) is 5.43 Å². The molecule has 2 rings (SSSR count). The monoisotopic (exact) mass is 258 g/mol. The lowest BCUT2D eigenvalue weighted by Gasteiger charge is -2.41. The summed E-state index contributed by atoms with van der Waals surface area (Å²) in [5, 5.41) is 0. The van der Waals surface area contributed by atoms with Crippen LogP contribution < -0.4 is 11.3 Å². The average Bonchev–Trinajstić information content (AvgIpc) is 2.78. The normalized spacial score (nSPS) is 29.6. The van der Waals surface area contributed by atoms with E-state index >= 15 is 0 Å². The highest BCUT2D eigenvalue weighted by Crippen LogP contribution is 2.43. The van der Waals surface area contributed by atoms with Gasteiger partial charge in [-0.3, -0.25) is 11.3 Å². The summed E-state index contributed by atoms with van der Waals surface area (Å²) in [6, 6.07) is 0.460. The van der Waals surface area contributed by atoms with Crippen LogP contribution in [-0.2, 0) is 4.74 Å². The molecule has 4 heteroatoms. The van der Waals surface area contributed by atoms with Gasteiger partial charge < -0.3 is 4.74 Å². The van der Waals surface area contributed by atoms with Crippen LogP contribution in [0.2, 0.25) is 0 Å². The summed E-state index contributed by atoms with van der Waals surface area (Å²) in [7, 11) is 0. The summed E-state index contributed by atoms with van der Waals surface area (Å²) >= 11 is 1.98. The van der Waals surface area contributed by atoms with Crippen molar-refractivity contribution < 1.29 is 4.74 Å². The lowest BCUT2D eigenvalue weighted by molar-refractivity contribution is -0.0967. The molecular weight excluding hydrogens is 232 g/mol. The maximum absolute atomic E-state index is 6.08. The predicted octanol–water partition coefficient (Wildman–Crippen LogP) is 2.31. The first-order valence-electron chi connectivity index (χ1n) is 6.97. The van der Waals surface area contributed by atoms with E-state index in [1.807, 2.05) is 11.8 Å². The quantitative estimate of drug-likeness (QED) is 0.587. The molecule has 0 radical (unpaired) electrons. The van der Waals surface area contributed by atoms with Gasteiger partial charge in [-0.15, -0.1) is 0 Å². The van der Waals surface area contributed by atoms with Crippen LogP contribution in [0.15, 0.2) is 0 Å². The molecule has 1 spiro atoms. The largest absolute Gasteiger partial charge is 0.375 e. The van der Waals surface area contributed by atoms with Gasteiger partial charge in [-0.1, -0.05) is 19.8 Å². The number of thioether (sulfide) groups is 1. The Kier molecular flexibility index (Phi) is 5.15. The van der Waals surface area contributed by atoms with Gasteiger partial charge in [0.25, 0.3) is 0 Å². The molecule has 100 valence electrons. The summed E-state index contributed by atoms with van der Waals surface area (Å²) in [5.41, 5.74) is 3.25. The third-order valence-corrected chi connectivity index (χ3v) is 5.33. The van der Waals surface area contributed by atoms with E-state index < -0.39 is 0 Å². The third-order valence-electron chi connectivity index (χ3n) is 4.33. The Morgan fingerprint density at radius 1 is 1.47 bits per heavy atom. The number of hydrogen-bond acceptors (Lipinski definition) is 4. The fraction of sp³-hybridized carbons (Fsp3) is 1.00. The van der Waals surface area contributed by atoms with Crippen LogP contribution >= 0.6 is 11.8 Å². The van der Waals surface area contributed by atoms with E-state index in [0.29, 0.717) is 12.0 Å². The van der Waals surface area contributed by atoms with Crippen molar-refractivity contribution in [3.05, 3.63) is 0 Å². The molecule has 0 amide bonds. The highest BCUT2D eigenvalue weighted by Gasteiger charge is 2.41. The van der Waals surface area contributed by atoms with Gasteiger partial charge in [-0.05, 0) is 37.4 Å². The molecule has 1 aliphatic heterocycles. The topological polar surface area (TPSA) is 47.3 Å². The number of hydrazine groups is 1. The van der Waals surface area contributed by atoms with Gasteiger partial charge in [0.2, 0.25) is 0 Å². The summed E-state index contributed by atoms with van der Waals surface area (Å²) in [4.78, 5) is 0. The van der Waals surface area contributed by atoms with Gasteiger partial charge >= 0.3 is 0 Å². The van der Waals surface area contributed by atoms with Crippen molar-refractivity contribution in [2.45, 2.75) is 57.1 Å². The molecule has 1 heterocycles. The van der Waals surface area contributed by atoms with Crippen LogP contribution in [0, 0.1) is 5.92 Å². The van der Waals surface area contributed by atoms with Crippen molar-refractivity contribution in [2.75, 3.05) is 18.1 Å². The number of rotatable bonds is 5. The van der Waals surface area contributed by atoms with Gasteiger partial charge in [-0.25, -0.2) is 0 Å². The van der Waals surface area contributed by atoms with Crippen molar-refractivity contribution in [3.8, 4) is 0 Å². The Labute approximate surface area is 109 Å². The Morgan fingerprint density at radius 3 is 2.88 bits per heavy atom. The van der Waals surface area contributed by atoms with E-state index in [1.54, 1.807) is 0 Å². The number of hydrogen-bond donors (Lipinski definition) is 2. The molecule has 1 aliphatic carbocycles. The molecule has 2 atom stereocenters. The molecule has 0 bridgehead atoms. The summed E-state index contributed by atoms with van der Waals surface area (Å²) in [6.07, 6.45) is 7.60. The molecule has 0 aromatic heterocycles. The Hall–Kier alpha value is 0.230. The fourth-order valence-corrected chi connectivity index (χ4v) is 4.20. The second kappa shape index (κ2) is 6.41. The Balaban J connectivity index is 1.90. The van der Waals surface area contributed by atoms with Crippen LogP contribution in [-0.4, -0.2) is 29.8 Å². The standard InChI is InChI=1S/C13H26N2OS/c1-2-17-10-12(15-14)11-5-8-16-13(9-11)6-3-4-7-13/h11-12,15H,2-10,14H2,1H3. The summed E-state index contributed by atoms with van der Waals surface area (Å²) in [5.74, 6) is 8.73. The molecule has 1 saturated carbocycles. The summed E-state index contributed by atoms with van der Waals surface area (Å²) < 4.78 is 6.08. The fourth-order valence-electron chi connectivity index (χ4n) is 3.34. The SMILES string of the molecule is CCSCC(NN)C1CCOC2(CCCC2)C1. The van der Waals surface area contributed by atoms with Crippen LogP contribution in [0.4, 0.5) is 0 Å². The molecular formula is C13H26N2OS. The zero-order chi connectivity index (χ0) is 12.1. The van der Waals surface area contributed by atoms with Crippen molar-refractivity contribution >= 4 is 11.8 Å². The van der Waals surface area contributed by atoms with Gasteiger partial charge in [0.05, 0.1) is 5.60 Å².